The van der Waals surface area contributed by atoms with Crippen LogP contribution in [0.3, 0.4) is 0 Å². The van der Waals surface area contributed by atoms with Crippen LogP contribution >= 0.6 is 0 Å². The second kappa shape index (κ2) is 10.1. The van der Waals surface area contributed by atoms with E-state index in [2.05, 4.69) is 15.5 Å². The summed E-state index contributed by atoms with van der Waals surface area (Å²) < 4.78 is 16.2. The molecule has 0 unspecified atom stereocenters. The number of hydrogen-bond acceptors (Lipinski definition) is 6. The molecular formula is C24H27N3O4. The van der Waals surface area contributed by atoms with Crippen molar-refractivity contribution in [3.8, 4) is 34.3 Å². The van der Waals surface area contributed by atoms with Crippen LogP contribution in [-0.2, 0) is 4.79 Å². The van der Waals surface area contributed by atoms with Crippen molar-refractivity contribution in [2.75, 3.05) is 20.3 Å². The monoisotopic (exact) mass is 421 g/mol. The Morgan fingerprint density at radius 1 is 1.00 bits per heavy atom. The van der Waals surface area contributed by atoms with Gasteiger partial charge in [0.05, 0.1) is 7.11 Å². The van der Waals surface area contributed by atoms with Gasteiger partial charge in [-0.1, -0.05) is 24.4 Å². The summed E-state index contributed by atoms with van der Waals surface area (Å²) in [4.78, 5) is 16.5. The van der Waals surface area contributed by atoms with E-state index in [0.29, 0.717) is 23.4 Å². The second-order valence-corrected chi connectivity index (χ2v) is 7.77. The van der Waals surface area contributed by atoms with Crippen LogP contribution in [0, 0.1) is 5.92 Å². The zero-order chi connectivity index (χ0) is 21.5. The molecule has 0 atom stereocenters. The summed E-state index contributed by atoms with van der Waals surface area (Å²) in [6, 6.07) is 14.7. The largest absolute Gasteiger partial charge is 0.497 e. The van der Waals surface area contributed by atoms with Gasteiger partial charge in [-0.2, -0.15) is 4.98 Å². The summed E-state index contributed by atoms with van der Waals surface area (Å²) >= 11 is 0. The van der Waals surface area contributed by atoms with Crippen molar-refractivity contribution in [1.82, 2.24) is 15.5 Å². The molecule has 7 nitrogen and oxygen atoms in total. The summed E-state index contributed by atoms with van der Waals surface area (Å²) in [5.74, 6) is 2.83. The third-order valence-electron chi connectivity index (χ3n) is 5.56. The number of nitrogens with zero attached hydrogens (tertiary/aromatic N) is 2. The molecule has 162 valence electrons. The fourth-order valence-electron chi connectivity index (χ4n) is 3.74. The smallest absolute Gasteiger partial charge is 0.258 e. The highest BCUT2D eigenvalue weighted by atomic mass is 16.5. The lowest BCUT2D eigenvalue weighted by Crippen LogP contribution is -2.33. The number of methoxy groups -OCH3 is 1. The van der Waals surface area contributed by atoms with Gasteiger partial charge in [0.2, 0.25) is 5.82 Å². The van der Waals surface area contributed by atoms with Gasteiger partial charge in [0, 0.05) is 17.7 Å². The summed E-state index contributed by atoms with van der Waals surface area (Å²) in [7, 11) is 1.62. The lowest BCUT2D eigenvalue weighted by molar-refractivity contribution is -0.123. The van der Waals surface area contributed by atoms with Crippen LogP contribution in [-0.4, -0.2) is 36.3 Å². The third kappa shape index (κ3) is 5.63. The van der Waals surface area contributed by atoms with E-state index in [-0.39, 0.29) is 12.5 Å². The number of aromatic nitrogens is 2. The molecule has 1 aromatic heterocycles. The minimum atomic E-state index is -0.0873. The van der Waals surface area contributed by atoms with Crippen LogP contribution in [0.1, 0.15) is 32.1 Å². The van der Waals surface area contributed by atoms with E-state index in [4.69, 9.17) is 14.0 Å². The van der Waals surface area contributed by atoms with E-state index in [1.165, 1.54) is 32.1 Å². The van der Waals surface area contributed by atoms with Crippen LogP contribution < -0.4 is 14.8 Å². The van der Waals surface area contributed by atoms with Gasteiger partial charge in [-0.25, -0.2) is 0 Å². The van der Waals surface area contributed by atoms with E-state index in [9.17, 15) is 4.79 Å². The quantitative estimate of drug-likeness (QED) is 0.577. The lowest BCUT2D eigenvalue weighted by Gasteiger charge is -2.21. The molecule has 0 bridgehead atoms. The first-order valence-corrected chi connectivity index (χ1v) is 10.7. The molecule has 1 N–H and O–H groups in total. The Labute approximate surface area is 181 Å². The number of rotatable bonds is 8. The van der Waals surface area contributed by atoms with Crippen molar-refractivity contribution in [2.24, 2.45) is 5.92 Å². The molecule has 31 heavy (non-hydrogen) atoms. The Balaban J connectivity index is 1.29. The topological polar surface area (TPSA) is 86.5 Å². The molecule has 3 aromatic rings. The van der Waals surface area contributed by atoms with Crippen LogP contribution in [0.4, 0.5) is 0 Å². The highest BCUT2D eigenvalue weighted by Crippen LogP contribution is 2.25. The number of ether oxygens (including phenoxy) is 2. The predicted octanol–water partition coefficient (Wildman–Crippen LogP) is 4.49. The minimum Gasteiger partial charge on any atom is -0.497 e. The Morgan fingerprint density at radius 3 is 2.39 bits per heavy atom. The average molecular weight is 421 g/mol. The number of carbonyl (C=O) groups is 1. The first-order valence-electron chi connectivity index (χ1n) is 10.7. The van der Waals surface area contributed by atoms with Crippen molar-refractivity contribution in [3.05, 3.63) is 48.5 Å². The molecule has 1 amide bonds. The Morgan fingerprint density at radius 2 is 1.68 bits per heavy atom. The molecule has 1 fully saturated rings. The molecule has 1 heterocycles. The van der Waals surface area contributed by atoms with Gasteiger partial charge in [-0.15, -0.1) is 0 Å². The summed E-state index contributed by atoms with van der Waals surface area (Å²) in [5, 5.41) is 7.03. The zero-order valence-electron chi connectivity index (χ0n) is 17.7. The van der Waals surface area contributed by atoms with Crippen molar-refractivity contribution < 1.29 is 18.8 Å². The van der Waals surface area contributed by atoms with E-state index >= 15 is 0 Å². The average Bonchev–Trinajstić information content (AvgIpc) is 3.33. The first kappa shape index (κ1) is 20.9. The van der Waals surface area contributed by atoms with E-state index in [0.717, 1.165) is 23.4 Å². The number of amides is 1. The van der Waals surface area contributed by atoms with Crippen molar-refractivity contribution in [3.63, 3.8) is 0 Å². The van der Waals surface area contributed by atoms with E-state index in [1.807, 2.05) is 36.4 Å². The molecule has 1 saturated carbocycles. The summed E-state index contributed by atoms with van der Waals surface area (Å²) in [6.45, 7) is 0.753. The maximum absolute atomic E-state index is 12.0. The maximum Gasteiger partial charge on any atom is 0.258 e. The van der Waals surface area contributed by atoms with Gasteiger partial charge in [0.1, 0.15) is 11.5 Å². The summed E-state index contributed by atoms with van der Waals surface area (Å²) in [6.07, 6.45) is 6.27. The van der Waals surface area contributed by atoms with Gasteiger partial charge in [-0.05, 0) is 67.3 Å². The molecule has 1 aliphatic rings. The Bertz CT molecular complexity index is 977. The number of hydrogen-bond donors (Lipinski definition) is 1. The molecule has 0 spiro atoms. The minimum absolute atomic E-state index is 0.00818. The molecule has 4 rings (SSSR count). The van der Waals surface area contributed by atoms with Crippen LogP contribution in [0.25, 0.3) is 22.8 Å². The zero-order valence-corrected chi connectivity index (χ0v) is 17.7. The Hall–Kier alpha value is -3.35. The molecule has 7 heteroatoms. The number of nitrogens with one attached hydrogen (secondary N) is 1. The SMILES string of the molecule is COc1ccc(-c2noc(-c3ccc(OCC(=O)NCC4CCCCC4)cc3)n2)cc1. The van der Waals surface area contributed by atoms with Crippen molar-refractivity contribution in [2.45, 2.75) is 32.1 Å². The molecular weight excluding hydrogens is 394 g/mol. The van der Waals surface area contributed by atoms with Crippen LogP contribution in [0.2, 0.25) is 0 Å². The first-order chi connectivity index (χ1) is 15.2. The van der Waals surface area contributed by atoms with Crippen molar-refractivity contribution >= 4 is 5.91 Å². The predicted molar refractivity (Wildman–Crippen MR) is 117 cm³/mol. The number of benzene rings is 2. The molecule has 0 aliphatic heterocycles. The van der Waals surface area contributed by atoms with Gasteiger partial charge in [-0.3, -0.25) is 4.79 Å². The van der Waals surface area contributed by atoms with Gasteiger partial charge in [0.15, 0.2) is 6.61 Å². The Kier molecular flexibility index (Phi) is 6.82. The lowest BCUT2D eigenvalue weighted by atomic mass is 9.89. The molecule has 0 saturated heterocycles. The standard InChI is InChI=1S/C24H27N3O4/c1-29-20-11-7-18(8-12-20)23-26-24(31-27-23)19-9-13-21(14-10-19)30-16-22(28)25-15-17-5-3-2-4-6-17/h7-14,17H,2-6,15-16H2,1H3,(H,25,28). The molecule has 2 aromatic carbocycles. The fourth-order valence-corrected chi connectivity index (χ4v) is 3.74. The van der Waals surface area contributed by atoms with E-state index < -0.39 is 0 Å². The highest BCUT2D eigenvalue weighted by molar-refractivity contribution is 5.77. The van der Waals surface area contributed by atoms with Crippen LogP contribution in [0.5, 0.6) is 11.5 Å². The third-order valence-corrected chi connectivity index (χ3v) is 5.56. The fraction of sp³-hybridized carbons (Fsp3) is 0.375. The highest BCUT2D eigenvalue weighted by Gasteiger charge is 2.15. The van der Waals surface area contributed by atoms with Crippen LogP contribution in [0.15, 0.2) is 53.1 Å². The van der Waals surface area contributed by atoms with Crippen molar-refractivity contribution in [1.29, 1.82) is 0 Å². The molecule has 1 aliphatic carbocycles. The van der Waals surface area contributed by atoms with Gasteiger partial charge >= 0.3 is 0 Å². The summed E-state index contributed by atoms with van der Waals surface area (Å²) in [5.41, 5.74) is 1.62. The van der Waals surface area contributed by atoms with E-state index in [1.54, 1.807) is 19.2 Å². The second-order valence-electron chi connectivity index (χ2n) is 7.77. The van der Waals surface area contributed by atoms with Gasteiger partial charge in [0.25, 0.3) is 11.8 Å². The normalized spacial score (nSPS) is 14.2. The molecule has 0 radical (unpaired) electrons. The number of carbonyl (C=O) groups excluding carboxylic acids is 1. The maximum atomic E-state index is 12.0. The van der Waals surface area contributed by atoms with Gasteiger partial charge < -0.3 is 19.3 Å².